The number of nitrogens with zero attached hydrogens (tertiary/aromatic N) is 2. The minimum Gasteiger partial charge on any atom is -0.478 e. The quantitative estimate of drug-likeness (QED) is 0.854. The molecule has 0 aliphatic rings. The first-order valence-electron chi connectivity index (χ1n) is 4.65. The molecule has 5 nitrogen and oxygen atoms in total. The molecule has 2 rings (SSSR count). The first-order chi connectivity index (χ1) is 7.65. The standard InChI is InChI=1S/C11H10N2O3/c1-13-7-10(6-12-13)16-9-4-2-3-8(5-9)11(14)15/h2-7H,1H3,(H,14,15). The zero-order chi connectivity index (χ0) is 11.5. The molecule has 2 aromatic rings. The molecule has 0 unspecified atom stereocenters. The van der Waals surface area contributed by atoms with E-state index in [1.165, 1.54) is 12.1 Å². The number of benzene rings is 1. The summed E-state index contributed by atoms with van der Waals surface area (Å²) in [5.41, 5.74) is 0.196. The Hall–Kier alpha value is -2.30. The van der Waals surface area contributed by atoms with Crippen molar-refractivity contribution >= 4 is 5.97 Å². The van der Waals surface area contributed by atoms with Gasteiger partial charge in [0.1, 0.15) is 5.75 Å². The van der Waals surface area contributed by atoms with Crippen molar-refractivity contribution in [2.75, 3.05) is 0 Å². The number of carbonyl (C=O) groups is 1. The van der Waals surface area contributed by atoms with Crippen molar-refractivity contribution in [2.45, 2.75) is 0 Å². The lowest BCUT2D eigenvalue weighted by Crippen LogP contribution is -1.95. The van der Waals surface area contributed by atoms with Crippen molar-refractivity contribution in [3.05, 3.63) is 42.2 Å². The van der Waals surface area contributed by atoms with E-state index in [0.29, 0.717) is 11.5 Å². The van der Waals surface area contributed by atoms with Gasteiger partial charge in [-0.25, -0.2) is 4.79 Å². The molecule has 0 atom stereocenters. The molecule has 1 N–H and O–H groups in total. The van der Waals surface area contributed by atoms with Gasteiger partial charge in [0.15, 0.2) is 5.75 Å². The van der Waals surface area contributed by atoms with Gasteiger partial charge in [-0.1, -0.05) is 6.07 Å². The van der Waals surface area contributed by atoms with Crippen LogP contribution in [0.5, 0.6) is 11.5 Å². The second-order valence-corrected chi connectivity index (χ2v) is 3.28. The topological polar surface area (TPSA) is 64.3 Å². The first-order valence-corrected chi connectivity index (χ1v) is 4.65. The molecular formula is C11H10N2O3. The zero-order valence-electron chi connectivity index (χ0n) is 8.62. The van der Waals surface area contributed by atoms with Crippen LogP contribution in [0.25, 0.3) is 0 Å². The summed E-state index contributed by atoms with van der Waals surface area (Å²) in [6.45, 7) is 0. The normalized spacial score (nSPS) is 10.1. The van der Waals surface area contributed by atoms with E-state index in [4.69, 9.17) is 9.84 Å². The lowest BCUT2D eigenvalue weighted by atomic mass is 10.2. The van der Waals surface area contributed by atoms with Crippen LogP contribution in [0.1, 0.15) is 10.4 Å². The zero-order valence-corrected chi connectivity index (χ0v) is 8.62. The van der Waals surface area contributed by atoms with Crippen LogP contribution >= 0.6 is 0 Å². The number of aromatic nitrogens is 2. The average molecular weight is 218 g/mol. The summed E-state index contributed by atoms with van der Waals surface area (Å²) in [5.74, 6) is 0.0783. The average Bonchev–Trinajstić information content (AvgIpc) is 2.64. The lowest BCUT2D eigenvalue weighted by molar-refractivity contribution is 0.0696. The molecule has 16 heavy (non-hydrogen) atoms. The van der Waals surface area contributed by atoms with Crippen LogP contribution in [0.3, 0.4) is 0 Å². The van der Waals surface area contributed by atoms with E-state index in [0.717, 1.165) is 0 Å². The van der Waals surface area contributed by atoms with Crippen molar-refractivity contribution in [3.63, 3.8) is 0 Å². The summed E-state index contributed by atoms with van der Waals surface area (Å²) in [7, 11) is 1.78. The molecule has 0 bridgehead atoms. The maximum absolute atomic E-state index is 10.7. The third kappa shape index (κ3) is 2.20. The SMILES string of the molecule is Cn1cc(Oc2cccc(C(=O)O)c2)cn1. The minimum absolute atomic E-state index is 0.196. The van der Waals surface area contributed by atoms with E-state index in [-0.39, 0.29) is 5.56 Å². The summed E-state index contributed by atoms with van der Waals surface area (Å²) < 4.78 is 7.05. The Morgan fingerprint density at radius 1 is 1.44 bits per heavy atom. The fourth-order valence-corrected chi connectivity index (χ4v) is 1.28. The molecule has 0 fully saturated rings. The van der Waals surface area contributed by atoms with Gasteiger partial charge >= 0.3 is 5.97 Å². The number of rotatable bonds is 3. The highest BCUT2D eigenvalue weighted by atomic mass is 16.5. The van der Waals surface area contributed by atoms with Crippen LogP contribution in [-0.4, -0.2) is 20.9 Å². The minimum atomic E-state index is -0.975. The Labute approximate surface area is 91.9 Å². The molecule has 0 saturated carbocycles. The summed E-state index contributed by atoms with van der Waals surface area (Å²) in [4.78, 5) is 10.7. The largest absolute Gasteiger partial charge is 0.478 e. The van der Waals surface area contributed by atoms with Gasteiger partial charge in [-0.15, -0.1) is 0 Å². The van der Waals surface area contributed by atoms with Crippen molar-refractivity contribution < 1.29 is 14.6 Å². The van der Waals surface area contributed by atoms with Gasteiger partial charge in [0.05, 0.1) is 18.0 Å². The van der Waals surface area contributed by atoms with Gasteiger partial charge in [-0.3, -0.25) is 4.68 Å². The lowest BCUT2D eigenvalue weighted by Gasteiger charge is -2.02. The smallest absolute Gasteiger partial charge is 0.335 e. The van der Waals surface area contributed by atoms with Crippen LogP contribution in [0.15, 0.2) is 36.7 Å². The van der Waals surface area contributed by atoms with Crippen LogP contribution in [-0.2, 0) is 7.05 Å². The molecule has 0 spiro atoms. The molecule has 0 radical (unpaired) electrons. The van der Waals surface area contributed by atoms with Gasteiger partial charge in [-0.05, 0) is 18.2 Å². The van der Waals surface area contributed by atoms with Gasteiger partial charge in [0, 0.05) is 7.05 Å². The van der Waals surface area contributed by atoms with Crippen molar-refractivity contribution in [3.8, 4) is 11.5 Å². The highest BCUT2D eigenvalue weighted by molar-refractivity contribution is 5.88. The number of hydrogen-bond donors (Lipinski definition) is 1. The molecule has 5 heteroatoms. The number of carboxylic acids is 1. The van der Waals surface area contributed by atoms with Crippen molar-refractivity contribution in [1.82, 2.24) is 9.78 Å². The summed E-state index contributed by atoms with van der Waals surface area (Å²) in [6.07, 6.45) is 3.26. The number of ether oxygens (including phenoxy) is 1. The van der Waals surface area contributed by atoms with Crippen molar-refractivity contribution in [1.29, 1.82) is 0 Å². The molecule has 1 aromatic heterocycles. The molecule has 0 aliphatic heterocycles. The van der Waals surface area contributed by atoms with E-state index in [1.54, 1.807) is 36.3 Å². The predicted octanol–water partition coefficient (Wildman–Crippen LogP) is 1.91. The van der Waals surface area contributed by atoms with Crippen LogP contribution in [0.2, 0.25) is 0 Å². The molecule has 0 amide bonds. The molecule has 0 aliphatic carbocycles. The van der Waals surface area contributed by atoms with E-state index in [1.807, 2.05) is 0 Å². The first kappa shape index (κ1) is 10.2. The van der Waals surface area contributed by atoms with Gasteiger partial charge in [0.25, 0.3) is 0 Å². The second kappa shape index (κ2) is 4.06. The number of aryl methyl sites for hydroxylation is 1. The number of aromatic carboxylic acids is 1. The fraction of sp³-hybridized carbons (Fsp3) is 0.0909. The summed E-state index contributed by atoms with van der Waals surface area (Å²) >= 11 is 0. The molecule has 1 aromatic carbocycles. The molecule has 82 valence electrons. The number of hydrogen-bond acceptors (Lipinski definition) is 3. The fourth-order valence-electron chi connectivity index (χ4n) is 1.28. The van der Waals surface area contributed by atoms with Gasteiger partial charge in [0.2, 0.25) is 0 Å². The Kier molecular flexibility index (Phi) is 2.59. The Balaban J connectivity index is 2.21. The second-order valence-electron chi connectivity index (χ2n) is 3.28. The van der Waals surface area contributed by atoms with E-state index < -0.39 is 5.97 Å². The molecule has 1 heterocycles. The van der Waals surface area contributed by atoms with E-state index >= 15 is 0 Å². The summed E-state index contributed by atoms with van der Waals surface area (Å²) in [5, 5.41) is 12.8. The summed E-state index contributed by atoms with van der Waals surface area (Å²) in [6, 6.07) is 6.31. The maximum atomic E-state index is 10.7. The molecule has 0 saturated heterocycles. The Morgan fingerprint density at radius 2 is 2.25 bits per heavy atom. The van der Waals surface area contributed by atoms with E-state index in [9.17, 15) is 4.79 Å². The highest BCUT2D eigenvalue weighted by Gasteiger charge is 2.05. The van der Waals surface area contributed by atoms with Crippen molar-refractivity contribution in [2.24, 2.45) is 7.05 Å². The van der Waals surface area contributed by atoms with Gasteiger partial charge in [-0.2, -0.15) is 5.10 Å². The Morgan fingerprint density at radius 3 is 2.88 bits per heavy atom. The third-order valence-electron chi connectivity index (χ3n) is 2.00. The number of carboxylic acid groups (broad SMARTS) is 1. The van der Waals surface area contributed by atoms with Crippen LogP contribution in [0.4, 0.5) is 0 Å². The van der Waals surface area contributed by atoms with Gasteiger partial charge < -0.3 is 9.84 Å². The highest BCUT2D eigenvalue weighted by Crippen LogP contribution is 2.21. The predicted molar refractivity (Wildman–Crippen MR) is 56.7 cm³/mol. The third-order valence-corrected chi connectivity index (χ3v) is 2.00. The van der Waals surface area contributed by atoms with Crippen LogP contribution < -0.4 is 4.74 Å². The Bertz CT molecular complexity index is 519. The monoisotopic (exact) mass is 218 g/mol. The maximum Gasteiger partial charge on any atom is 0.335 e. The molecular weight excluding hydrogens is 208 g/mol. The van der Waals surface area contributed by atoms with E-state index in [2.05, 4.69) is 5.10 Å². The van der Waals surface area contributed by atoms with Crippen LogP contribution in [0, 0.1) is 0 Å².